The van der Waals surface area contributed by atoms with Crippen molar-refractivity contribution in [1.82, 2.24) is 10.2 Å². The highest BCUT2D eigenvalue weighted by Crippen LogP contribution is 2.35. The minimum atomic E-state index is -0.532. The predicted octanol–water partition coefficient (Wildman–Crippen LogP) is 4.72. The Balaban J connectivity index is 1.93. The van der Waals surface area contributed by atoms with Crippen LogP contribution in [-0.2, 0) is 0 Å². The highest BCUT2D eigenvalue weighted by atomic mass is 32.1. The molecule has 0 aliphatic carbocycles. The van der Waals surface area contributed by atoms with E-state index in [9.17, 15) is 8.78 Å². The van der Waals surface area contributed by atoms with Gasteiger partial charge < -0.3 is 8.83 Å². The van der Waals surface area contributed by atoms with E-state index in [2.05, 4.69) is 22.8 Å². The van der Waals surface area contributed by atoms with Crippen molar-refractivity contribution in [2.45, 2.75) is 5.22 Å². The Labute approximate surface area is 134 Å². The summed E-state index contributed by atoms with van der Waals surface area (Å²) in [6.07, 6.45) is 1.39. The highest BCUT2D eigenvalue weighted by molar-refractivity contribution is 7.80. The summed E-state index contributed by atoms with van der Waals surface area (Å²) in [4.78, 5) is 0. The Kier molecular flexibility index (Phi) is 3.16. The Bertz CT molecular complexity index is 1030. The maximum absolute atomic E-state index is 14.0. The van der Waals surface area contributed by atoms with E-state index in [-0.39, 0.29) is 16.7 Å². The van der Waals surface area contributed by atoms with Crippen molar-refractivity contribution in [3.8, 4) is 22.6 Å². The van der Waals surface area contributed by atoms with E-state index in [1.54, 1.807) is 18.2 Å². The van der Waals surface area contributed by atoms with Crippen LogP contribution in [0.1, 0.15) is 0 Å². The molecular weight excluding hydrogens is 322 g/mol. The van der Waals surface area contributed by atoms with Gasteiger partial charge in [-0.1, -0.05) is 12.6 Å². The van der Waals surface area contributed by atoms with Crippen LogP contribution in [0.3, 0.4) is 0 Å². The van der Waals surface area contributed by atoms with Crippen molar-refractivity contribution in [1.29, 1.82) is 0 Å². The third-order valence-electron chi connectivity index (χ3n) is 3.45. The molecule has 2 aromatic carbocycles. The molecule has 0 N–H and O–H groups in total. The summed E-state index contributed by atoms with van der Waals surface area (Å²) in [5.74, 6) is -0.776. The van der Waals surface area contributed by atoms with Crippen molar-refractivity contribution in [3.63, 3.8) is 0 Å². The van der Waals surface area contributed by atoms with Gasteiger partial charge in [0.2, 0.25) is 5.89 Å². The van der Waals surface area contributed by atoms with E-state index in [4.69, 9.17) is 8.83 Å². The normalized spacial score (nSPS) is 11.3. The summed E-state index contributed by atoms with van der Waals surface area (Å²) in [5, 5.41) is 8.29. The predicted molar refractivity (Wildman–Crippen MR) is 82.1 cm³/mol. The van der Waals surface area contributed by atoms with Gasteiger partial charge in [0.25, 0.3) is 5.22 Å². The van der Waals surface area contributed by atoms with Crippen LogP contribution in [0.4, 0.5) is 8.78 Å². The molecule has 7 heteroatoms. The zero-order chi connectivity index (χ0) is 16.0. The molecule has 23 heavy (non-hydrogen) atoms. The van der Waals surface area contributed by atoms with Gasteiger partial charge in [-0.05, 0) is 36.4 Å². The fraction of sp³-hybridized carbons (Fsp3) is 0. The molecule has 0 amide bonds. The third-order valence-corrected chi connectivity index (χ3v) is 3.63. The fourth-order valence-electron chi connectivity index (χ4n) is 2.41. The average Bonchev–Trinajstić information content (AvgIpc) is 3.15. The summed E-state index contributed by atoms with van der Waals surface area (Å²) in [5.41, 5.74) is 1.74. The molecule has 2 aromatic heterocycles. The molecule has 0 fully saturated rings. The van der Waals surface area contributed by atoms with E-state index in [0.717, 1.165) is 18.2 Å². The number of halogens is 2. The van der Waals surface area contributed by atoms with Crippen LogP contribution in [0, 0.1) is 11.6 Å². The first-order valence-electron chi connectivity index (χ1n) is 6.61. The monoisotopic (exact) mass is 330 g/mol. The molecule has 4 rings (SSSR count). The van der Waals surface area contributed by atoms with Crippen LogP contribution < -0.4 is 0 Å². The van der Waals surface area contributed by atoms with Gasteiger partial charge in [0.1, 0.15) is 17.2 Å². The Morgan fingerprint density at radius 3 is 2.61 bits per heavy atom. The first-order valence-corrected chi connectivity index (χ1v) is 7.06. The number of nitrogens with zero attached hydrogens (tertiary/aromatic N) is 2. The fourth-order valence-corrected chi connectivity index (χ4v) is 2.54. The lowest BCUT2D eigenvalue weighted by molar-refractivity contribution is 0.468. The lowest BCUT2D eigenvalue weighted by Gasteiger charge is -2.02. The molecule has 4 aromatic rings. The number of aromatic nitrogens is 2. The molecule has 0 bridgehead atoms. The molecule has 0 saturated heterocycles. The van der Waals surface area contributed by atoms with E-state index in [1.807, 2.05) is 0 Å². The number of benzene rings is 2. The van der Waals surface area contributed by atoms with Crippen LogP contribution in [0.15, 0.2) is 56.7 Å². The van der Waals surface area contributed by atoms with Crippen LogP contribution in [0.5, 0.6) is 0 Å². The standard InChI is InChI=1S/C16H8F2N2O2S/c17-9-2-3-13(18)10(6-9)12-7-21-14-4-1-8(5-11(12)14)15-19-20-16(23)22-15/h1-7H,(H,20,23). The summed E-state index contributed by atoms with van der Waals surface area (Å²) in [6, 6.07) is 8.44. The molecule has 0 unspecified atom stereocenters. The summed E-state index contributed by atoms with van der Waals surface area (Å²) in [6.45, 7) is 0. The molecule has 0 radical (unpaired) electrons. The lowest BCUT2D eigenvalue weighted by atomic mass is 10.0. The van der Waals surface area contributed by atoms with Crippen LogP contribution in [0.25, 0.3) is 33.6 Å². The van der Waals surface area contributed by atoms with E-state index in [1.165, 1.54) is 6.26 Å². The third kappa shape index (κ3) is 2.39. The van der Waals surface area contributed by atoms with Crippen LogP contribution >= 0.6 is 12.6 Å². The van der Waals surface area contributed by atoms with Crippen LogP contribution in [0.2, 0.25) is 0 Å². The number of hydrogen-bond acceptors (Lipinski definition) is 5. The van der Waals surface area contributed by atoms with Crippen molar-refractivity contribution >= 4 is 23.6 Å². The molecule has 2 heterocycles. The molecule has 0 saturated carbocycles. The van der Waals surface area contributed by atoms with Crippen LogP contribution in [-0.4, -0.2) is 10.2 Å². The van der Waals surface area contributed by atoms with Crippen molar-refractivity contribution < 1.29 is 17.6 Å². The number of fused-ring (bicyclic) bond motifs is 1. The summed E-state index contributed by atoms with van der Waals surface area (Å²) >= 11 is 3.97. The second kappa shape index (κ2) is 5.20. The molecular formula is C16H8F2N2O2S. The maximum Gasteiger partial charge on any atom is 0.273 e. The average molecular weight is 330 g/mol. The van der Waals surface area contributed by atoms with Gasteiger partial charge in [-0.15, -0.1) is 10.2 Å². The minimum Gasteiger partial charge on any atom is -0.464 e. The molecule has 0 atom stereocenters. The zero-order valence-corrected chi connectivity index (χ0v) is 12.3. The van der Waals surface area contributed by atoms with E-state index < -0.39 is 11.6 Å². The molecule has 0 aliphatic rings. The van der Waals surface area contributed by atoms with Crippen molar-refractivity contribution in [2.24, 2.45) is 0 Å². The quantitative estimate of drug-likeness (QED) is 0.541. The van der Waals surface area contributed by atoms with Crippen molar-refractivity contribution in [3.05, 3.63) is 54.3 Å². The molecule has 0 spiro atoms. The minimum absolute atomic E-state index is 0.126. The first kappa shape index (κ1) is 14.0. The van der Waals surface area contributed by atoms with E-state index in [0.29, 0.717) is 22.1 Å². The molecule has 0 aliphatic heterocycles. The maximum atomic E-state index is 14.0. The SMILES string of the molecule is Fc1ccc(F)c(-c2coc3ccc(-c4nnc(S)o4)cc23)c1. The van der Waals surface area contributed by atoms with Gasteiger partial charge in [-0.2, -0.15) is 0 Å². The number of furan rings is 1. The second-order valence-corrected chi connectivity index (χ2v) is 5.26. The van der Waals surface area contributed by atoms with Gasteiger partial charge >= 0.3 is 0 Å². The lowest BCUT2D eigenvalue weighted by Crippen LogP contribution is -1.85. The molecule has 114 valence electrons. The van der Waals surface area contributed by atoms with Gasteiger partial charge in [0.05, 0.1) is 6.26 Å². The topological polar surface area (TPSA) is 52.1 Å². The Hall–Kier alpha value is -2.67. The number of rotatable bonds is 2. The number of hydrogen-bond donors (Lipinski definition) is 1. The smallest absolute Gasteiger partial charge is 0.273 e. The van der Waals surface area contributed by atoms with E-state index >= 15 is 0 Å². The van der Waals surface area contributed by atoms with Crippen molar-refractivity contribution in [2.75, 3.05) is 0 Å². The van der Waals surface area contributed by atoms with Gasteiger partial charge in [0, 0.05) is 22.1 Å². The largest absolute Gasteiger partial charge is 0.464 e. The number of thiol groups is 1. The Morgan fingerprint density at radius 1 is 0.957 bits per heavy atom. The van der Waals surface area contributed by atoms with Gasteiger partial charge in [0.15, 0.2) is 0 Å². The van der Waals surface area contributed by atoms with Gasteiger partial charge in [-0.25, -0.2) is 8.78 Å². The van der Waals surface area contributed by atoms with Gasteiger partial charge in [-0.3, -0.25) is 0 Å². The summed E-state index contributed by atoms with van der Waals surface area (Å²) in [7, 11) is 0. The Morgan fingerprint density at radius 2 is 1.83 bits per heavy atom. The molecule has 4 nitrogen and oxygen atoms in total. The highest BCUT2D eigenvalue weighted by Gasteiger charge is 2.15. The summed E-state index contributed by atoms with van der Waals surface area (Å²) < 4.78 is 38.2. The first-order chi connectivity index (χ1) is 11.1. The second-order valence-electron chi connectivity index (χ2n) is 4.87. The zero-order valence-electron chi connectivity index (χ0n) is 11.5.